The highest BCUT2D eigenvalue weighted by Crippen LogP contribution is 2.20. The van der Waals surface area contributed by atoms with Gasteiger partial charge in [0.25, 0.3) is 0 Å². The van der Waals surface area contributed by atoms with E-state index >= 15 is 0 Å². The Morgan fingerprint density at radius 3 is 2.00 bits per heavy atom. The first-order valence-corrected chi connectivity index (χ1v) is 11.8. The predicted molar refractivity (Wildman–Crippen MR) is 121 cm³/mol. The minimum absolute atomic E-state index is 0.0364. The number of alkyl halides is 3. The van der Waals surface area contributed by atoms with Gasteiger partial charge in [-0.1, -0.05) is 70.4 Å². The molecule has 32 heavy (non-hydrogen) atoms. The van der Waals surface area contributed by atoms with Crippen LogP contribution in [-0.4, -0.2) is 43.0 Å². The molecule has 0 spiro atoms. The molecule has 0 bridgehead atoms. The Kier molecular flexibility index (Phi) is 13.7. The quantitative estimate of drug-likeness (QED) is 0.251. The predicted octanol–water partition coefficient (Wildman–Crippen LogP) is 6.51. The van der Waals surface area contributed by atoms with E-state index < -0.39 is 18.4 Å². The van der Waals surface area contributed by atoms with E-state index in [0.717, 1.165) is 12.8 Å². The molecule has 0 aromatic heterocycles. The number of hydrogen-bond donors (Lipinski definition) is 0. The fraction of sp³-hybridized carbons (Fsp3) is 0.680. The van der Waals surface area contributed by atoms with Crippen molar-refractivity contribution >= 4 is 11.7 Å². The van der Waals surface area contributed by atoms with Crippen LogP contribution in [0.2, 0.25) is 0 Å². The van der Waals surface area contributed by atoms with Crippen LogP contribution in [0.25, 0.3) is 0 Å². The van der Waals surface area contributed by atoms with Gasteiger partial charge in [0, 0.05) is 19.9 Å². The summed E-state index contributed by atoms with van der Waals surface area (Å²) in [7, 11) is 1.76. The van der Waals surface area contributed by atoms with Gasteiger partial charge in [-0.3, -0.25) is 9.59 Å². The molecule has 1 aromatic carbocycles. The van der Waals surface area contributed by atoms with E-state index in [0.29, 0.717) is 30.9 Å². The first-order chi connectivity index (χ1) is 15.2. The van der Waals surface area contributed by atoms with Crippen molar-refractivity contribution in [3.05, 3.63) is 29.8 Å². The van der Waals surface area contributed by atoms with E-state index in [2.05, 4.69) is 6.92 Å². The molecule has 0 unspecified atom stereocenters. The molecule has 1 aromatic rings. The number of ketones is 1. The summed E-state index contributed by atoms with van der Waals surface area (Å²) in [6.07, 6.45) is 6.21. The Balaban J connectivity index is 2.14. The smallest absolute Gasteiger partial charge is 0.449 e. The highest BCUT2D eigenvalue weighted by molar-refractivity contribution is 5.84. The molecule has 0 aliphatic carbocycles. The van der Waals surface area contributed by atoms with Crippen LogP contribution < -0.4 is 4.74 Å². The van der Waals surface area contributed by atoms with Crippen LogP contribution in [-0.2, 0) is 16.0 Å². The zero-order valence-electron chi connectivity index (χ0n) is 19.5. The molecule has 0 saturated heterocycles. The average molecular weight is 458 g/mol. The standard InChI is InChI=1S/C25H38F3NO3/c1-3-4-5-6-7-8-9-10-11-12-24(31)29(2)19-20-32-22-16-13-21(14-17-22)15-18-23(30)25(26,27)28/h13-14,16-17H,3-12,15,18-20H2,1-2H3. The van der Waals surface area contributed by atoms with Crippen molar-refractivity contribution in [1.82, 2.24) is 4.90 Å². The number of Topliss-reactive ketones (excluding diaryl/α,β-unsaturated/α-hetero) is 1. The summed E-state index contributed by atoms with van der Waals surface area (Å²) in [6, 6.07) is 6.63. The maximum absolute atomic E-state index is 12.2. The molecule has 0 radical (unpaired) electrons. The largest absolute Gasteiger partial charge is 0.492 e. The van der Waals surface area contributed by atoms with Crippen molar-refractivity contribution < 1.29 is 27.5 Å². The van der Waals surface area contributed by atoms with Gasteiger partial charge in [-0.25, -0.2) is 0 Å². The number of carbonyl (C=O) groups excluding carboxylic acids is 2. The number of unbranched alkanes of at least 4 members (excludes halogenated alkanes) is 8. The molecule has 0 saturated carbocycles. The molecule has 0 heterocycles. The lowest BCUT2D eigenvalue weighted by atomic mass is 10.1. The lowest BCUT2D eigenvalue weighted by Gasteiger charge is -2.17. The second-order valence-corrected chi connectivity index (χ2v) is 8.31. The Morgan fingerprint density at radius 1 is 0.875 bits per heavy atom. The highest BCUT2D eigenvalue weighted by atomic mass is 19.4. The van der Waals surface area contributed by atoms with Gasteiger partial charge in [-0.2, -0.15) is 13.2 Å². The summed E-state index contributed by atoms with van der Waals surface area (Å²) in [5.74, 6) is -1.02. The van der Waals surface area contributed by atoms with Crippen molar-refractivity contribution in [3.63, 3.8) is 0 Å². The minimum Gasteiger partial charge on any atom is -0.492 e. The third-order valence-corrected chi connectivity index (χ3v) is 5.50. The number of hydrogen-bond acceptors (Lipinski definition) is 3. The van der Waals surface area contributed by atoms with Crippen molar-refractivity contribution in [2.75, 3.05) is 20.2 Å². The Hall–Kier alpha value is -2.05. The molecule has 1 amide bonds. The Bertz CT molecular complexity index is 659. The summed E-state index contributed by atoms with van der Waals surface area (Å²) in [5, 5.41) is 0. The topological polar surface area (TPSA) is 46.6 Å². The zero-order chi connectivity index (χ0) is 23.8. The third-order valence-electron chi connectivity index (χ3n) is 5.50. The number of halogens is 3. The number of likely N-dealkylation sites (N-methyl/N-ethyl adjacent to an activating group) is 1. The van der Waals surface area contributed by atoms with E-state index in [4.69, 9.17) is 4.74 Å². The van der Waals surface area contributed by atoms with Gasteiger partial charge in [0.05, 0.1) is 6.54 Å². The molecule has 4 nitrogen and oxygen atoms in total. The summed E-state index contributed by atoms with van der Waals surface area (Å²) < 4.78 is 42.4. The minimum atomic E-state index is -4.78. The number of aryl methyl sites for hydroxylation is 1. The van der Waals surface area contributed by atoms with Gasteiger partial charge in [0.2, 0.25) is 11.7 Å². The average Bonchev–Trinajstić information content (AvgIpc) is 2.76. The molecular formula is C25H38F3NO3. The molecule has 1 rings (SSSR count). The van der Waals surface area contributed by atoms with Crippen LogP contribution in [0.1, 0.15) is 83.1 Å². The third kappa shape index (κ3) is 12.7. The van der Waals surface area contributed by atoms with Gasteiger partial charge in [-0.05, 0) is 30.5 Å². The number of benzene rings is 1. The Labute approximate surface area is 190 Å². The first kappa shape index (κ1) is 28.0. The maximum atomic E-state index is 12.2. The first-order valence-electron chi connectivity index (χ1n) is 11.8. The number of amides is 1. The summed E-state index contributed by atoms with van der Waals surface area (Å²) in [5.41, 5.74) is 0.642. The van der Waals surface area contributed by atoms with Crippen LogP contribution >= 0.6 is 0 Å². The molecule has 0 aliphatic heterocycles. The molecule has 182 valence electrons. The van der Waals surface area contributed by atoms with Crippen LogP contribution in [0.3, 0.4) is 0 Å². The Morgan fingerprint density at radius 2 is 1.44 bits per heavy atom. The second kappa shape index (κ2) is 15.7. The van der Waals surface area contributed by atoms with Crippen molar-refractivity contribution in [3.8, 4) is 5.75 Å². The van der Waals surface area contributed by atoms with Crippen molar-refractivity contribution in [2.45, 2.75) is 90.1 Å². The summed E-state index contributed by atoms with van der Waals surface area (Å²) in [4.78, 5) is 24.8. The summed E-state index contributed by atoms with van der Waals surface area (Å²) in [6.45, 7) is 3.03. The number of ether oxygens (including phenoxy) is 1. The molecular weight excluding hydrogens is 419 g/mol. The van der Waals surface area contributed by atoms with Gasteiger partial charge in [-0.15, -0.1) is 0 Å². The van der Waals surface area contributed by atoms with E-state index in [-0.39, 0.29) is 12.3 Å². The molecule has 0 aliphatic rings. The number of rotatable bonds is 17. The fourth-order valence-electron chi connectivity index (χ4n) is 3.35. The molecule has 0 N–H and O–H groups in total. The lowest BCUT2D eigenvalue weighted by Crippen LogP contribution is -2.30. The van der Waals surface area contributed by atoms with Gasteiger partial charge >= 0.3 is 6.18 Å². The number of carbonyl (C=O) groups is 2. The van der Waals surface area contributed by atoms with E-state index in [1.54, 1.807) is 36.2 Å². The van der Waals surface area contributed by atoms with Gasteiger partial charge in [0.15, 0.2) is 0 Å². The van der Waals surface area contributed by atoms with E-state index in [1.165, 1.54) is 44.9 Å². The monoisotopic (exact) mass is 457 g/mol. The highest BCUT2D eigenvalue weighted by Gasteiger charge is 2.37. The van der Waals surface area contributed by atoms with Crippen molar-refractivity contribution in [2.24, 2.45) is 0 Å². The lowest BCUT2D eigenvalue weighted by molar-refractivity contribution is -0.171. The van der Waals surface area contributed by atoms with Crippen LogP contribution in [0.5, 0.6) is 5.75 Å². The maximum Gasteiger partial charge on any atom is 0.449 e. The zero-order valence-corrected chi connectivity index (χ0v) is 19.5. The second-order valence-electron chi connectivity index (χ2n) is 8.31. The van der Waals surface area contributed by atoms with Crippen LogP contribution in [0.15, 0.2) is 24.3 Å². The van der Waals surface area contributed by atoms with Crippen LogP contribution in [0, 0.1) is 0 Å². The van der Waals surface area contributed by atoms with Gasteiger partial charge in [0.1, 0.15) is 12.4 Å². The fourth-order valence-corrected chi connectivity index (χ4v) is 3.35. The van der Waals surface area contributed by atoms with E-state index in [1.807, 2.05) is 0 Å². The molecule has 0 fully saturated rings. The SMILES string of the molecule is CCCCCCCCCCCC(=O)N(C)CCOc1ccc(CCC(=O)C(F)(F)F)cc1. The van der Waals surface area contributed by atoms with Crippen molar-refractivity contribution in [1.29, 1.82) is 0 Å². The van der Waals surface area contributed by atoms with E-state index in [9.17, 15) is 22.8 Å². The summed E-state index contributed by atoms with van der Waals surface area (Å²) >= 11 is 0. The molecule has 0 atom stereocenters. The van der Waals surface area contributed by atoms with Crippen LogP contribution in [0.4, 0.5) is 13.2 Å². The van der Waals surface area contributed by atoms with Gasteiger partial charge < -0.3 is 9.64 Å². The number of nitrogens with zero attached hydrogens (tertiary/aromatic N) is 1. The normalized spacial score (nSPS) is 11.4. The molecule has 7 heteroatoms.